The molecule has 1 atom stereocenters. The molecule has 4 heteroatoms. The Morgan fingerprint density at radius 3 is 2.42 bits per heavy atom. The highest BCUT2D eigenvalue weighted by Gasteiger charge is 2.14. The van der Waals surface area contributed by atoms with Crippen molar-refractivity contribution in [3.05, 3.63) is 46.5 Å². The highest BCUT2D eigenvalue weighted by molar-refractivity contribution is 7.03. The summed E-state index contributed by atoms with van der Waals surface area (Å²) in [6.07, 6.45) is 0. The maximum Gasteiger partial charge on any atom is 0.0893 e. The smallest absolute Gasteiger partial charge is 0.0893 e. The summed E-state index contributed by atoms with van der Waals surface area (Å²) >= 11 is 1.39. The predicted octanol–water partition coefficient (Wildman–Crippen LogP) is 3.69. The van der Waals surface area contributed by atoms with E-state index in [9.17, 15) is 0 Å². The summed E-state index contributed by atoms with van der Waals surface area (Å²) in [5, 5.41) is 9.47. The van der Waals surface area contributed by atoms with Crippen molar-refractivity contribution in [2.24, 2.45) is 0 Å². The van der Waals surface area contributed by atoms with Crippen molar-refractivity contribution in [3.8, 4) is 0 Å². The van der Waals surface area contributed by atoms with Crippen LogP contribution in [-0.2, 0) is 12.0 Å². The van der Waals surface area contributed by atoms with Gasteiger partial charge in [-0.1, -0.05) is 49.5 Å². The lowest BCUT2D eigenvalue weighted by Gasteiger charge is -2.20. The van der Waals surface area contributed by atoms with Crippen LogP contribution in [0.3, 0.4) is 0 Å². The highest BCUT2D eigenvalue weighted by Crippen LogP contribution is 2.23. The van der Waals surface area contributed by atoms with Gasteiger partial charge in [-0.15, -0.1) is 5.10 Å². The fourth-order valence-electron chi connectivity index (χ4n) is 1.91. The first-order chi connectivity index (χ1) is 8.97. The van der Waals surface area contributed by atoms with Gasteiger partial charge >= 0.3 is 0 Å². The fraction of sp³-hybridized carbons (Fsp3) is 0.467. The lowest BCUT2D eigenvalue weighted by molar-refractivity contribution is 0.563. The second-order valence-corrected chi connectivity index (χ2v) is 6.48. The Kier molecular flexibility index (Phi) is 4.32. The maximum absolute atomic E-state index is 4.03. The molecule has 1 N–H and O–H groups in total. The molecule has 1 unspecified atom stereocenters. The monoisotopic (exact) mass is 275 g/mol. The van der Waals surface area contributed by atoms with Crippen molar-refractivity contribution < 1.29 is 0 Å². The van der Waals surface area contributed by atoms with Gasteiger partial charge in [0, 0.05) is 18.0 Å². The molecular formula is C15H21N3S. The molecule has 0 saturated heterocycles. The van der Waals surface area contributed by atoms with E-state index < -0.39 is 0 Å². The molecule has 1 aromatic heterocycles. The molecule has 2 rings (SSSR count). The van der Waals surface area contributed by atoms with Crippen LogP contribution in [0, 0.1) is 0 Å². The molecule has 0 bridgehead atoms. The number of hydrogen-bond donors (Lipinski definition) is 1. The third kappa shape index (κ3) is 3.85. The van der Waals surface area contributed by atoms with E-state index in [1.54, 1.807) is 0 Å². The molecule has 0 radical (unpaired) electrons. The molecule has 0 aliphatic rings. The molecule has 0 fully saturated rings. The zero-order valence-corrected chi connectivity index (χ0v) is 12.8. The summed E-state index contributed by atoms with van der Waals surface area (Å²) in [7, 11) is 0. The van der Waals surface area contributed by atoms with E-state index in [0.29, 0.717) is 6.04 Å². The van der Waals surface area contributed by atoms with Crippen molar-refractivity contribution in [2.45, 2.75) is 45.7 Å². The first kappa shape index (κ1) is 14.2. The van der Waals surface area contributed by atoms with Crippen molar-refractivity contribution in [2.75, 3.05) is 0 Å². The van der Waals surface area contributed by atoms with E-state index >= 15 is 0 Å². The third-order valence-corrected chi connectivity index (χ3v) is 3.82. The predicted molar refractivity (Wildman–Crippen MR) is 80.3 cm³/mol. The van der Waals surface area contributed by atoms with Crippen molar-refractivity contribution in [3.63, 3.8) is 0 Å². The van der Waals surface area contributed by atoms with Gasteiger partial charge in [0.25, 0.3) is 0 Å². The van der Waals surface area contributed by atoms with E-state index in [2.05, 4.69) is 66.9 Å². The Balaban J connectivity index is 1.97. The minimum absolute atomic E-state index is 0.210. The van der Waals surface area contributed by atoms with E-state index in [1.807, 2.05) is 5.38 Å². The first-order valence-electron chi connectivity index (χ1n) is 6.56. The Labute approximate surface area is 119 Å². The molecule has 0 aliphatic carbocycles. The minimum atomic E-state index is 0.210. The summed E-state index contributed by atoms with van der Waals surface area (Å²) in [5.74, 6) is 0. The molecule has 0 saturated carbocycles. The molecule has 0 spiro atoms. The second-order valence-electron chi connectivity index (χ2n) is 5.87. The van der Waals surface area contributed by atoms with E-state index in [1.165, 1.54) is 22.7 Å². The number of rotatable bonds is 4. The molecule has 1 heterocycles. The second kappa shape index (κ2) is 5.80. The third-order valence-electron chi connectivity index (χ3n) is 3.27. The minimum Gasteiger partial charge on any atom is -0.304 e. The molecule has 2 aromatic rings. The van der Waals surface area contributed by atoms with E-state index in [-0.39, 0.29) is 5.41 Å². The molecule has 0 aliphatic heterocycles. The lowest BCUT2D eigenvalue weighted by atomic mass is 9.86. The summed E-state index contributed by atoms with van der Waals surface area (Å²) in [4.78, 5) is 0. The van der Waals surface area contributed by atoms with Crippen LogP contribution in [0.25, 0.3) is 0 Å². The van der Waals surface area contributed by atoms with Gasteiger partial charge < -0.3 is 5.32 Å². The standard InChI is InChI=1S/C15H21N3S/c1-11(16-9-14-10-19-18-17-14)12-5-7-13(8-6-12)15(2,3)4/h5-8,10-11,16H,9H2,1-4H3. The summed E-state index contributed by atoms with van der Waals surface area (Å²) in [6.45, 7) is 9.64. The SMILES string of the molecule is CC(NCc1csnn1)c1ccc(C(C)(C)C)cc1. The summed E-state index contributed by atoms with van der Waals surface area (Å²) < 4.78 is 3.86. The van der Waals surface area contributed by atoms with Crippen LogP contribution in [-0.4, -0.2) is 9.59 Å². The Bertz CT molecular complexity index is 497. The molecule has 102 valence electrons. The average molecular weight is 275 g/mol. The molecule has 19 heavy (non-hydrogen) atoms. The topological polar surface area (TPSA) is 37.8 Å². The average Bonchev–Trinajstić information content (AvgIpc) is 2.88. The zero-order valence-electron chi connectivity index (χ0n) is 12.0. The van der Waals surface area contributed by atoms with Crippen LogP contribution in [0.2, 0.25) is 0 Å². The van der Waals surface area contributed by atoms with Crippen LogP contribution >= 0.6 is 11.5 Å². The van der Waals surface area contributed by atoms with Crippen LogP contribution in [0.4, 0.5) is 0 Å². The Morgan fingerprint density at radius 2 is 1.89 bits per heavy atom. The van der Waals surface area contributed by atoms with Crippen LogP contribution in [0.1, 0.15) is 50.6 Å². The van der Waals surface area contributed by atoms with Crippen LogP contribution < -0.4 is 5.32 Å². The Morgan fingerprint density at radius 1 is 1.21 bits per heavy atom. The maximum atomic E-state index is 4.03. The highest BCUT2D eigenvalue weighted by atomic mass is 32.1. The van der Waals surface area contributed by atoms with Crippen molar-refractivity contribution in [1.82, 2.24) is 14.9 Å². The van der Waals surface area contributed by atoms with Crippen LogP contribution in [0.15, 0.2) is 29.6 Å². The summed E-state index contributed by atoms with van der Waals surface area (Å²) in [6, 6.07) is 9.17. The van der Waals surface area contributed by atoms with Gasteiger partial charge in [-0.25, -0.2) is 0 Å². The van der Waals surface area contributed by atoms with Gasteiger partial charge in [-0.05, 0) is 35.0 Å². The Hall–Kier alpha value is -1.26. The molecule has 3 nitrogen and oxygen atoms in total. The van der Waals surface area contributed by atoms with E-state index in [0.717, 1.165) is 12.2 Å². The van der Waals surface area contributed by atoms with Gasteiger partial charge in [-0.3, -0.25) is 0 Å². The molecule has 1 aromatic carbocycles. The fourth-order valence-corrected chi connectivity index (χ4v) is 2.36. The number of nitrogens with zero attached hydrogens (tertiary/aromatic N) is 2. The molecule has 0 amide bonds. The number of nitrogens with one attached hydrogen (secondary N) is 1. The normalized spacial score (nSPS) is 13.5. The van der Waals surface area contributed by atoms with Crippen molar-refractivity contribution in [1.29, 1.82) is 0 Å². The first-order valence-corrected chi connectivity index (χ1v) is 7.40. The van der Waals surface area contributed by atoms with E-state index in [4.69, 9.17) is 0 Å². The summed E-state index contributed by atoms with van der Waals surface area (Å²) in [5.41, 5.74) is 3.88. The van der Waals surface area contributed by atoms with Crippen LogP contribution in [0.5, 0.6) is 0 Å². The largest absolute Gasteiger partial charge is 0.304 e. The number of aromatic nitrogens is 2. The quantitative estimate of drug-likeness (QED) is 0.925. The molecular weight excluding hydrogens is 254 g/mol. The lowest BCUT2D eigenvalue weighted by Crippen LogP contribution is -2.18. The van der Waals surface area contributed by atoms with Gasteiger partial charge in [0.1, 0.15) is 0 Å². The van der Waals surface area contributed by atoms with Gasteiger partial charge in [0.15, 0.2) is 0 Å². The van der Waals surface area contributed by atoms with Gasteiger partial charge in [0.05, 0.1) is 5.69 Å². The van der Waals surface area contributed by atoms with Gasteiger partial charge in [0.2, 0.25) is 0 Å². The van der Waals surface area contributed by atoms with Crippen molar-refractivity contribution >= 4 is 11.5 Å². The number of hydrogen-bond acceptors (Lipinski definition) is 4. The zero-order chi connectivity index (χ0) is 13.9. The van der Waals surface area contributed by atoms with Gasteiger partial charge in [-0.2, -0.15) is 0 Å². The number of benzene rings is 1.